The van der Waals surface area contributed by atoms with Gasteiger partial charge in [-0.15, -0.1) is 0 Å². The second kappa shape index (κ2) is 6.22. The van der Waals surface area contributed by atoms with Gasteiger partial charge in [-0.25, -0.2) is 9.97 Å². The molecule has 0 atom stereocenters. The number of anilines is 1. The van der Waals surface area contributed by atoms with Crippen molar-refractivity contribution in [2.75, 3.05) is 12.8 Å². The number of nitrogens with zero attached hydrogens (tertiary/aromatic N) is 3. The molecule has 4 aromatic rings. The Morgan fingerprint density at radius 3 is 2.69 bits per heavy atom. The summed E-state index contributed by atoms with van der Waals surface area (Å²) in [5.41, 5.74) is 10.6. The second-order valence-corrected chi connectivity index (χ2v) is 5.80. The molecule has 4 rings (SSSR count). The number of aromatic amines is 1. The highest BCUT2D eigenvalue weighted by Crippen LogP contribution is 2.32. The van der Waals surface area contributed by atoms with Crippen LogP contribution in [0.2, 0.25) is 0 Å². The van der Waals surface area contributed by atoms with E-state index in [1.807, 2.05) is 42.6 Å². The fourth-order valence-electron chi connectivity index (χ4n) is 2.93. The number of rotatable bonds is 3. The molecule has 26 heavy (non-hydrogen) atoms. The molecular formula is C20H15N5O. The first-order valence-electron chi connectivity index (χ1n) is 7.98. The number of nitrogens with two attached hydrogens (primary N) is 1. The van der Waals surface area contributed by atoms with Crippen molar-refractivity contribution in [3.05, 3.63) is 60.4 Å². The monoisotopic (exact) mass is 341 g/mol. The average molecular weight is 341 g/mol. The number of hydrogen-bond donors (Lipinski definition) is 2. The fraction of sp³-hybridized carbons (Fsp3) is 0.0500. The van der Waals surface area contributed by atoms with Gasteiger partial charge in [-0.2, -0.15) is 5.26 Å². The van der Waals surface area contributed by atoms with Gasteiger partial charge in [0.25, 0.3) is 0 Å². The number of nitrogens with one attached hydrogen (secondary N) is 1. The lowest BCUT2D eigenvalue weighted by Gasteiger charge is -2.10. The summed E-state index contributed by atoms with van der Waals surface area (Å²) in [4.78, 5) is 11.8. The lowest BCUT2D eigenvalue weighted by molar-refractivity contribution is 0.398. The third-order valence-electron chi connectivity index (χ3n) is 4.26. The van der Waals surface area contributed by atoms with E-state index in [9.17, 15) is 5.26 Å². The summed E-state index contributed by atoms with van der Waals surface area (Å²) in [6, 6.07) is 15.6. The van der Waals surface area contributed by atoms with E-state index in [2.05, 4.69) is 21.0 Å². The number of ether oxygens (including phenoxy) is 1. The van der Waals surface area contributed by atoms with Crippen LogP contribution in [0.1, 0.15) is 5.56 Å². The molecule has 0 saturated heterocycles. The maximum absolute atomic E-state index is 9.56. The van der Waals surface area contributed by atoms with Crippen LogP contribution in [0.4, 0.5) is 5.82 Å². The van der Waals surface area contributed by atoms with Crippen molar-refractivity contribution in [3.63, 3.8) is 0 Å². The van der Waals surface area contributed by atoms with Crippen LogP contribution >= 0.6 is 0 Å². The standard InChI is InChI=1S/C20H15N5O/c1-26-19-5-3-14(11-24-19)18-9-15(16(10-21)20(22)25-18)12-2-4-17-13(8-12)6-7-23-17/h2-9,11,23H,1H3,(H2,22,25). The van der Waals surface area contributed by atoms with Gasteiger partial charge in [-0.1, -0.05) is 6.07 Å². The zero-order chi connectivity index (χ0) is 18.1. The normalized spacial score (nSPS) is 10.6. The highest BCUT2D eigenvalue weighted by atomic mass is 16.5. The molecule has 3 aromatic heterocycles. The molecule has 3 heterocycles. The van der Waals surface area contributed by atoms with Gasteiger partial charge in [0.05, 0.1) is 12.8 Å². The van der Waals surface area contributed by atoms with Gasteiger partial charge in [0.1, 0.15) is 17.5 Å². The molecule has 0 spiro atoms. The van der Waals surface area contributed by atoms with Crippen LogP contribution in [-0.4, -0.2) is 22.1 Å². The van der Waals surface area contributed by atoms with E-state index in [0.29, 0.717) is 17.1 Å². The maximum atomic E-state index is 9.56. The van der Waals surface area contributed by atoms with Gasteiger partial charge >= 0.3 is 0 Å². The molecule has 0 saturated carbocycles. The molecule has 0 radical (unpaired) electrons. The van der Waals surface area contributed by atoms with E-state index >= 15 is 0 Å². The molecule has 6 nitrogen and oxygen atoms in total. The number of fused-ring (bicyclic) bond motifs is 1. The van der Waals surface area contributed by atoms with Crippen LogP contribution in [0.15, 0.2) is 54.9 Å². The maximum Gasteiger partial charge on any atom is 0.212 e. The van der Waals surface area contributed by atoms with Crippen molar-refractivity contribution in [3.8, 4) is 34.3 Å². The molecular weight excluding hydrogens is 326 g/mol. The summed E-state index contributed by atoms with van der Waals surface area (Å²) in [5, 5.41) is 10.6. The minimum absolute atomic E-state index is 0.199. The number of nitriles is 1. The van der Waals surface area contributed by atoms with E-state index in [4.69, 9.17) is 10.5 Å². The fourth-order valence-corrected chi connectivity index (χ4v) is 2.93. The zero-order valence-corrected chi connectivity index (χ0v) is 14.0. The van der Waals surface area contributed by atoms with Gasteiger partial charge in [0.15, 0.2) is 0 Å². The van der Waals surface area contributed by atoms with Crippen molar-refractivity contribution in [2.45, 2.75) is 0 Å². The van der Waals surface area contributed by atoms with E-state index in [1.165, 1.54) is 0 Å². The van der Waals surface area contributed by atoms with Gasteiger partial charge in [-0.05, 0) is 41.3 Å². The van der Waals surface area contributed by atoms with Crippen LogP contribution in [0.25, 0.3) is 33.3 Å². The number of hydrogen-bond acceptors (Lipinski definition) is 5. The van der Waals surface area contributed by atoms with Crippen LogP contribution in [0, 0.1) is 11.3 Å². The van der Waals surface area contributed by atoms with Gasteiger partial charge in [0, 0.05) is 35.1 Å². The topological polar surface area (TPSA) is 101 Å². The SMILES string of the molecule is COc1ccc(-c2cc(-c3ccc4[nH]ccc4c3)c(C#N)c(N)n2)cn1. The summed E-state index contributed by atoms with van der Waals surface area (Å²) in [6.07, 6.45) is 3.56. The summed E-state index contributed by atoms with van der Waals surface area (Å²) >= 11 is 0. The third kappa shape index (κ3) is 2.62. The second-order valence-electron chi connectivity index (χ2n) is 5.80. The van der Waals surface area contributed by atoms with Crippen molar-refractivity contribution in [1.82, 2.24) is 15.0 Å². The predicted molar refractivity (Wildman–Crippen MR) is 100 cm³/mol. The first kappa shape index (κ1) is 15.7. The lowest BCUT2D eigenvalue weighted by Crippen LogP contribution is -2.00. The smallest absolute Gasteiger partial charge is 0.212 e. The van der Waals surface area contributed by atoms with Crippen LogP contribution < -0.4 is 10.5 Å². The van der Waals surface area contributed by atoms with Crippen molar-refractivity contribution in [1.29, 1.82) is 5.26 Å². The molecule has 3 N–H and O–H groups in total. The quantitative estimate of drug-likeness (QED) is 0.591. The Balaban J connectivity index is 1.89. The number of nitrogen functional groups attached to an aromatic ring is 1. The predicted octanol–water partition coefficient (Wildman–Crippen LogP) is 3.75. The molecule has 0 aliphatic carbocycles. The number of methoxy groups -OCH3 is 1. The Bertz CT molecular complexity index is 1140. The average Bonchev–Trinajstić information content (AvgIpc) is 3.15. The molecule has 0 aliphatic rings. The summed E-state index contributed by atoms with van der Waals surface area (Å²) in [5.74, 6) is 0.721. The van der Waals surface area contributed by atoms with Gasteiger partial charge in [-0.3, -0.25) is 0 Å². The summed E-state index contributed by atoms with van der Waals surface area (Å²) in [7, 11) is 1.56. The molecule has 0 fully saturated rings. The van der Waals surface area contributed by atoms with Crippen LogP contribution in [0.5, 0.6) is 5.88 Å². The van der Waals surface area contributed by atoms with Crippen molar-refractivity contribution < 1.29 is 4.74 Å². The number of aromatic nitrogens is 3. The van der Waals surface area contributed by atoms with Gasteiger partial charge < -0.3 is 15.5 Å². The molecule has 0 unspecified atom stereocenters. The van der Waals surface area contributed by atoms with Crippen molar-refractivity contribution >= 4 is 16.7 Å². The Kier molecular flexibility index (Phi) is 3.75. The molecule has 0 bridgehead atoms. The zero-order valence-electron chi connectivity index (χ0n) is 14.0. The Morgan fingerprint density at radius 1 is 1.12 bits per heavy atom. The number of H-pyrrole nitrogens is 1. The summed E-state index contributed by atoms with van der Waals surface area (Å²) in [6.45, 7) is 0. The largest absolute Gasteiger partial charge is 0.481 e. The van der Waals surface area contributed by atoms with Gasteiger partial charge in [0.2, 0.25) is 5.88 Å². The molecule has 6 heteroatoms. The minimum atomic E-state index is 0.199. The number of benzene rings is 1. The lowest BCUT2D eigenvalue weighted by atomic mass is 9.98. The van der Waals surface area contributed by atoms with Crippen LogP contribution in [-0.2, 0) is 0 Å². The first-order valence-corrected chi connectivity index (χ1v) is 7.98. The highest BCUT2D eigenvalue weighted by Gasteiger charge is 2.14. The van der Waals surface area contributed by atoms with E-state index < -0.39 is 0 Å². The van der Waals surface area contributed by atoms with E-state index in [-0.39, 0.29) is 5.82 Å². The Labute approximate surface area is 149 Å². The highest BCUT2D eigenvalue weighted by molar-refractivity contribution is 5.88. The Hall–Kier alpha value is -3.85. The van der Waals surface area contributed by atoms with Crippen molar-refractivity contribution in [2.24, 2.45) is 0 Å². The van der Waals surface area contributed by atoms with E-state index in [0.717, 1.165) is 27.6 Å². The van der Waals surface area contributed by atoms with E-state index in [1.54, 1.807) is 19.4 Å². The molecule has 0 aliphatic heterocycles. The minimum Gasteiger partial charge on any atom is -0.481 e. The van der Waals surface area contributed by atoms with Crippen LogP contribution in [0.3, 0.4) is 0 Å². The first-order chi connectivity index (χ1) is 12.7. The molecule has 126 valence electrons. The summed E-state index contributed by atoms with van der Waals surface area (Å²) < 4.78 is 5.09. The number of pyridine rings is 2. The molecule has 0 amide bonds. The Morgan fingerprint density at radius 2 is 1.96 bits per heavy atom. The molecule has 1 aromatic carbocycles. The third-order valence-corrected chi connectivity index (χ3v) is 4.26.